The van der Waals surface area contributed by atoms with Gasteiger partial charge in [-0.15, -0.1) is 0 Å². The van der Waals surface area contributed by atoms with Crippen LogP contribution in [0.3, 0.4) is 0 Å². The van der Waals surface area contributed by atoms with E-state index in [1.54, 1.807) is 12.1 Å². The van der Waals surface area contributed by atoms with Crippen LogP contribution in [0.5, 0.6) is 0 Å². The van der Waals surface area contributed by atoms with Crippen LogP contribution in [-0.2, 0) is 30.8 Å². The maximum atomic E-state index is 10.7. The van der Waals surface area contributed by atoms with Crippen LogP contribution in [0.15, 0.2) is 12.1 Å². The summed E-state index contributed by atoms with van der Waals surface area (Å²) in [5, 5.41) is 27.0. The van der Waals surface area contributed by atoms with Crippen molar-refractivity contribution in [1.29, 1.82) is 0 Å². The van der Waals surface area contributed by atoms with Crippen molar-refractivity contribution in [3.63, 3.8) is 0 Å². The number of carbonyl (C=O) groups is 1. The first-order valence-corrected chi connectivity index (χ1v) is 5.19. The molecule has 4 nitrogen and oxygen atoms in total. The van der Waals surface area contributed by atoms with Crippen molar-refractivity contribution >= 4 is 5.97 Å². The monoisotopic (exact) mass is 224 g/mol. The van der Waals surface area contributed by atoms with Crippen LogP contribution in [0, 0.1) is 0 Å². The maximum Gasteiger partial charge on any atom is 0.307 e. The summed E-state index contributed by atoms with van der Waals surface area (Å²) < 4.78 is 0. The van der Waals surface area contributed by atoms with E-state index < -0.39 is 5.97 Å². The summed E-state index contributed by atoms with van der Waals surface area (Å²) in [6, 6.07) is 3.43. The Kier molecular flexibility index (Phi) is 4.46. The summed E-state index contributed by atoms with van der Waals surface area (Å²) in [6.07, 6.45) is 0.656. The molecule has 16 heavy (non-hydrogen) atoms. The van der Waals surface area contributed by atoms with Crippen molar-refractivity contribution in [3.8, 4) is 0 Å². The molecule has 0 spiro atoms. The quantitative estimate of drug-likeness (QED) is 0.693. The van der Waals surface area contributed by atoms with E-state index in [4.69, 9.17) is 15.3 Å². The van der Waals surface area contributed by atoms with Gasteiger partial charge in [-0.1, -0.05) is 19.1 Å². The van der Waals surface area contributed by atoms with Crippen molar-refractivity contribution in [2.45, 2.75) is 33.0 Å². The molecule has 0 aromatic heterocycles. The molecule has 4 heteroatoms. The van der Waals surface area contributed by atoms with Gasteiger partial charge < -0.3 is 15.3 Å². The highest BCUT2D eigenvalue weighted by molar-refractivity contribution is 5.71. The highest BCUT2D eigenvalue weighted by atomic mass is 16.4. The van der Waals surface area contributed by atoms with E-state index in [0.717, 1.165) is 5.56 Å². The molecule has 1 aromatic carbocycles. The molecule has 0 radical (unpaired) electrons. The summed E-state index contributed by atoms with van der Waals surface area (Å²) in [4.78, 5) is 10.7. The van der Waals surface area contributed by atoms with Crippen LogP contribution in [-0.4, -0.2) is 21.3 Å². The minimum atomic E-state index is -0.893. The average Bonchev–Trinajstić information content (AvgIpc) is 2.27. The van der Waals surface area contributed by atoms with Gasteiger partial charge in [0.1, 0.15) is 0 Å². The Morgan fingerprint density at radius 2 is 1.56 bits per heavy atom. The number of aliphatic hydroxyl groups excluding tert-OH is 2. The molecule has 0 amide bonds. The second-order valence-electron chi connectivity index (χ2n) is 3.63. The van der Waals surface area contributed by atoms with Gasteiger partial charge in [0, 0.05) is 0 Å². The molecule has 0 aliphatic heterocycles. The van der Waals surface area contributed by atoms with E-state index in [1.165, 1.54) is 0 Å². The number of hydrogen-bond donors (Lipinski definition) is 3. The molecule has 1 rings (SSSR count). The minimum Gasteiger partial charge on any atom is -0.481 e. The predicted molar refractivity (Wildman–Crippen MR) is 59.0 cm³/mol. The normalized spacial score (nSPS) is 10.4. The van der Waals surface area contributed by atoms with E-state index in [2.05, 4.69) is 0 Å². The SMILES string of the molecule is CCc1cc(CO)c(CO)cc1CC(=O)O. The third-order valence-corrected chi connectivity index (χ3v) is 2.59. The Morgan fingerprint density at radius 3 is 1.94 bits per heavy atom. The van der Waals surface area contributed by atoms with Crippen molar-refractivity contribution in [2.75, 3.05) is 0 Å². The maximum absolute atomic E-state index is 10.7. The molecule has 0 unspecified atom stereocenters. The Bertz CT molecular complexity index is 385. The van der Waals surface area contributed by atoms with Crippen LogP contribution in [0.2, 0.25) is 0 Å². The zero-order valence-corrected chi connectivity index (χ0v) is 9.23. The van der Waals surface area contributed by atoms with Crippen LogP contribution >= 0.6 is 0 Å². The fraction of sp³-hybridized carbons (Fsp3) is 0.417. The molecule has 88 valence electrons. The fourth-order valence-electron chi connectivity index (χ4n) is 1.74. The Balaban J connectivity index is 3.20. The lowest BCUT2D eigenvalue weighted by Gasteiger charge is -2.12. The molecule has 0 heterocycles. The van der Waals surface area contributed by atoms with E-state index in [0.29, 0.717) is 23.1 Å². The standard InChI is InChI=1S/C12H16O4/c1-2-8-3-10(6-13)11(7-14)4-9(8)5-12(15)16/h3-4,13-14H,2,5-7H2,1H3,(H,15,16). The summed E-state index contributed by atoms with van der Waals surface area (Å²) >= 11 is 0. The van der Waals surface area contributed by atoms with Crippen LogP contribution in [0.4, 0.5) is 0 Å². The third kappa shape index (κ3) is 2.81. The average molecular weight is 224 g/mol. The van der Waals surface area contributed by atoms with E-state index >= 15 is 0 Å². The van der Waals surface area contributed by atoms with Crippen LogP contribution < -0.4 is 0 Å². The molecule has 0 bridgehead atoms. The van der Waals surface area contributed by atoms with Crippen molar-refractivity contribution < 1.29 is 20.1 Å². The summed E-state index contributed by atoms with van der Waals surface area (Å²) in [6.45, 7) is 1.60. The first-order chi connectivity index (χ1) is 7.62. The molecule has 1 aromatic rings. The number of aliphatic hydroxyl groups is 2. The second kappa shape index (κ2) is 5.63. The summed E-state index contributed by atoms with van der Waals surface area (Å²) in [7, 11) is 0. The number of rotatable bonds is 5. The molecule has 0 saturated heterocycles. The van der Waals surface area contributed by atoms with Crippen molar-refractivity contribution in [2.24, 2.45) is 0 Å². The first kappa shape index (κ1) is 12.7. The van der Waals surface area contributed by atoms with E-state index in [9.17, 15) is 4.79 Å². The van der Waals surface area contributed by atoms with Gasteiger partial charge >= 0.3 is 5.97 Å². The van der Waals surface area contributed by atoms with Gasteiger partial charge in [-0.25, -0.2) is 0 Å². The van der Waals surface area contributed by atoms with Gasteiger partial charge in [0.25, 0.3) is 0 Å². The van der Waals surface area contributed by atoms with Crippen LogP contribution in [0.1, 0.15) is 29.2 Å². The van der Waals surface area contributed by atoms with E-state index in [-0.39, 0.29) is 19.6 Å². The Hall–Kier alpha value is -1.39. The lowest BCUT2D eigenvalue weighted by atomic mass is 9.95. The van der Waals surface area contributed by atoms with Gasteiger partial charge in [-0.2, -0.15) is 0 Å². The lowest BCUT2D eigenvalue weighted by Crippen LogP contribution is -2.06. The van der Waals surface area contributed by atoms with Gasteiger partial charge in [-0.05, 0) is 28.7 Å². The number of aryl methyl sites for hydroxylation is 1. The highest BCUT2D eigenvalue weighted by Crippen LogP contribution is 2.19. The topological polar surface area (TPSA) is 77.8 Å². The van der Waals surface area contributed by atoms with Gasteiger partial charge in [0.05, 0.1) is 19.6 Å². The zero-order chi connectivity index (χ0) is 12.1. The third-order valence-electron chi connectivity index (χ3n) is 2.59. The summed E-state index contributed by atoms with van der Waals surface area (Å²) in [5.41, 5.74) is 2.87. The van der Waals surface area contributed by atoms with E-state index in [1.807, 2.05) is 6.92 Å². The first-order valence-electron chi connectivity index (χ1n) is 5.19. The predicted octanol–water partition coefficient (Wildman–Crippen LogP) is 0.861. The smallest absolute Gasteiger partial charge is 0.307 e. The molecular formula is C12H16O4. The molecule has 0 atom stereocenters. The number of aliphatic carboxylic acids is 1. The fourth-order valence-corrected chi connectivity index (χ4v) is 1.74. The highest BCUT2D eigenvalue weighted by Gasteiger charge is 2.10. The molecule has 3 N–H and O–H groups in total. The van der Waals surface area contributed by atoms with Crippen molar-refractivity contribution in [3.05, 3.63) is 34.4 Å². The number of hydrogen-bond acceptors (Lipinski definition) is 3. The Labute approximate surface area is 94.2 Å². The van der Waals surface area contributed by atoms with Gasteiger partial charge in [-0.3, -0.25) is 4.79 Å². The minimum absolute atomic E-state index is 0.0537. The molecule has 0 aliphatic carbocycles. The number of carboxylic acids is 1. The molecule has 0 fully saturated rings. The Morgan fingerprint density at radius 1 is 1.06 bits per heavy atom. The molecule has 0 aliphatic rings. The van der Waals surface area contributed by atoms with Crippen molar-refractivity contribution in [1.82, 2.24) is 0 Å². The lowest BCUT2D eigenvalue weighted by molar-refractivity contribution is -0.136. The molecule has 0 saturated carbocycles. The number of carboxylic acid groups (broad SMARTS) is 1. The van der Waals surface area contributed by atoms with Crippen LogP contribution in [0.25, 0.3) is 0 Å². The van der Waals surface area contributed by atoms with Gasteiger partial charge in [0.15, 0.2) is 0 Å². The molecular weight excluding hydrogens is 208 g/mol. The largest absolute Gasteiger partial charge is 0.481 e. The summed E-state index contributed by atoms with van der Waals surface area (Å²) in [5.74, 6) is -0.893. The van der Waals surface area contributed by atoms with Gasteiger partial charge in [0.2, 0.25) is 0 Å². The zero-order valence-electron chi connectivity index (χ0n) is 9.23. The second-order valence-corrected chi connectivity index (χ2v) is 3.63. The number of benzene rings is 1.